The van der Waals surface area contributed by atoms with Gasteiger partial charge in [0.15, 0.2) is 5.78 Å². The van der Waals surface area contributed by atoms with Crippen LogP contribution in [0.3, 0.4) is 0 Å². The van der Waals surface area contributed by atoms with Crippen molar-refractivity contribution < 1.29 is 9.59 Å². The SMILES string of the molecule is CC(=O)N(C)CC1CCc2ccccc2C1=O. The van der Waals surface area contributed by atoms with E-state index in [0.29, 0.717) is 6.54 Å². The largest absolute Gasteiger partial charge is 0.345 e. The Morgan fingerprint density at radius 3 is 2.82 bits per heavy atom. The lowest BCUT2D eigenvalue weighted by Gasteiger charge is -2.26. The van der Waals surface area contributed by atoms with E-state index in [1.165, 1.54) is 6.92 Å². The van der Waals surface area contributed by atoms with Gasteiger partial charge in [-0.3, -0.25) is 9.59 Å². The average molecular weight is 231 g/mol. The van der Waals surface area contributed by atoms with Crippen LogP contribution < -0.4 is 0 Å². The maximum atomic E-state index is 12.2. The molecule has 0 saturated heterocycles. The number of carbonyl (C=O) groups is 2. The number of aryl methyl sites for hydroxylation is 1. The lowest BCUT2D eigenvalue weighted by atomic mass is 9.82. The van der Waals surface area contributed by atoms with Crippen molar-refractivity contribution >= 4 is 11.7 Å². The molecule has 0 fully saturated rings. The van der Waals surface area contributed by atoms with E-state index in [-0.39, 0.29) is 17.6 Å². The van der Waals surface area contributed by atoms with Crippen LogP contribution in [0.2, 0.25) is 0 Å². The number of hydrogen-bond acceptors (Lipinski definition) is 2. The number of Topliss-reactive ketones (excluding diaryl/α,β-unsaturated/α-hetero) is 1. The first kappa shape index (κ1) is 11.8. The molecular formula is C14H17NO2. The Morgan fingerprint density at radius 2 is 2.12 bits per heavy atom. The number of hydrogen-bond donors (Lipinski definition) is 0. The van der Waals surface area contributed by atoms with E-state index in [4.69, 9.17) is 0 Å². The lowest BCUT2D eigenvalue weighted by Crippen LogP contribution is -2.35. The summed E-state index contributed by atoms with van der Waals surface area (Å²) in [5, 5.41) is 0. The van der Waals surface area contributed by atoms with Gasteiger partial charge in [-0.15, -0.1) is 0 Å². The molecule has 0 saturated carbocycles. The third kappa shape index (κ3) is 2.38. The molecule has 17 heavy (non-hydrogen) atoms. The molecule has 1 aromatic carbocycles. The van der Waals surface area contributed by atoms with Crippen molar-refractivity contribution in [3.8, 4) is 0 Å². The van der Waals surface area contributed by atoms with Crippen LogP contribution >= 0.6 is 0 Å². The average Bonchev–Trinajstić information content (AvgIpc) is 2.33. The predicted octanol–water partition coefficient (Wildman–Crippen LogP) is 1.91. The van der Waals surface area contributed by atoms with Crippen LogP contribution in [-0.4, -0.2) is 30.2 Å². The second-order valence-electron chi connectivity index (χ2n) is 4.66. The van der Waals surface area contributed by atoms with E-state index in [1.807, 2.05) is 24.3 Å². The summed E-state index contributed by atoms with van der Waals surface area (Å²) in [6.45, 7) is 2.06. The molecule has 90 valence electrons. The number of fused-ring (bicyclic) bond motifs is 1. The number of carbonyl (C=O) groups excluding carboxylic acids is 2. The first-order valence-electron chi connectivity index (χ1n) is 5.93. The number of nitrogens with zero attached hydrogens (tertiary/aromatic N) is 1. The van der Waals surface area contributed by atoms with Gasteiger partial charge in [-0.2, -0.15) is 0 Å². The fourth-order valence-corrected chi connectivity index (χ4v) is 2.29. The van der Waals surface area contributed by atoms with E-state index in [0.717, 1.165) is 24.0 Å². The third-order valence-electron chi connectivity index (χ3n) is 3.45. The molecule has 0 radical (unpaired) electrons. The lowest BCUT2D eigenvalue weighted by molar-refractivity contribution is -0.127. The molecule has 0 aliphatic heterocycles. The van der Waals surface area contributed by atoms with Crippen molar-refractivity contribution in [3.63, 3.8) is 0 Å². The quantitative estimate of drug-likeness (QED) is 0.779. The van der Waals surface area contributed by atoms with Crippen molar-refractivity contribution in [2.75, 3.05) is 13.6 Å². The Labute approximate surface area is 101 Å². The molecular weight excluding hydrogens is 214 g/mol. The summed E-state index contributed by atoms with van der Waals surface area (Å²) in [4.78, 5) is 25.0. The zero-order chi connectivity index (χ0) is 12.4. The summed E-state index contributed by atoms with van der Waals surface area (Å²) in [5.41, 5.74) is 1.97. The third-order valence-corrected chi connectivity index (χ3v) is 3.45. The van der Waals surface area contributed by atoms with Crippen LogP contribution in [0.15, 0.2) is 24.3 Å². The Bertz CT molecular complexity index is 453. The maximum Gasteiger partial charge on any atom is 0.219 e. The van der Waals surface area contributed by atoms with Crippen molar-refractivity contribution in [1.82, 2.24) is 4.90 Å². The first-order chi connectivity index (χ1) is 8.09. The Morgan fingerprint density at radius 1 is 1.41 bits per heavy atom. The zero-order valence-electron chi connectivity index (χ0n) is 10.3. The van der Waals surface area contributed by atoms with Crippen LogP contribution in [0.4, 0.5) is 0 Å². The normalized spacial score (nSPS) is 18.7. The Balaban J connectivity index is 2.15. The van der Waals surface area contributed by atoms with Crippen LogP contribution in [0.1, 0.15) is 29.3 Å². The molecule has 3 heteroatoms. The minimum atomic E-state index is -0.0428. The first-order valence-corrected chi connectivity index (χ1v) is 5.93. The molecule has 1 atom stereocenters. The monoisotopic (exact) mass is 231 g/mol. The van der Waals surface area contributed by atoms with E-state index >= 15 is 0 Å². The van der Waals surface area contributed by atoms with Crippen molar-refractivity contribution in [1.29, 1.82) is 0 Å². The van der Waals surface area contributed by atoms with Gasteiger partial charge in [0.25, 0.3) is 0 Å². The maximum absolute atomic E-state index is 12.2. The number of rotatable bonds is 2. The van der Waals surface area contributed by atoms with Gasteiger partial charge < -0.3 is 4.90 Å². The highest BCUT2D eigenvalue weighted by Gasteiger charge is 2.28. The van der Waals surface area contributed by atoms with E-state index in [2.05, 4.69) is 0 Å². The van der Waals surface area contributed by atoms with Crippen molar-refractivity contribution in [2.45, 2.75) is 19.8 Å². The fourth-order valence-electron chi connectivity index (χ4n) is 2.29. The summed E-state index contributed by atoms with van der Waals surface area (Å²) in [6.07, 6.45) is 1.77. The van der Waals surface area contributed by atoms with Crippen LogP contribution in [0, 0.1) is 5.92 Å². The molecule has 0 bridgehead atoms. The molecule has 2 rings (SSSR count). The van der Waals surface area contributed by atoms with Crippen LogP contribution in [-0.2, 0) is 11.2 Å². The van der Waals surface area contributed by atoms with Gasteiger partial charge in [0.2, 0.25) is 5.91 Å². The topological polar surface area (TPSA) is 37.4 Å². The van der Waals surface area contributed by atoms with E-state index in [9.17, 15) is 9.59 Å². The fraction of sp³-hybridized carbons (Fsp3) is 0.429. The van der Waals surface area contributed by atoms with Gasteiger partial charge in [0.05, 0.1) is 0 Å². The number of ketones is 1. The smallest absolute Gasteiger partial charge is 0.219 e. The zero-order valence-corrected chi connectivity index (χ0v) is 10.3. The number of amides is 1. The van der Waals surface area contributed by atoms with Gasteiger partial charge >= 0.3 is 0 Å². The molecule has 3 nitrogen and oxygen atoms in total. The van der Waals surface area contributed by atoms with Crippen LogP contribution in [0.25, 0.3) is 0 Å². The highest BCUT2D eigenvalue weighted by Crippen LogP contribution is 2.25. The summed E-state index contributed by atoms with van der Waals surface area (Å²) >= 11 is 0. The highest BCUT2D eigenvalue weighted by atomic mass is 16.2. The molecule has 1 aromatic rings. The Hall–Kier alpha value is -1.64. The summed E-state index contributed by atoms with van der Waals surface area (Å²) in [7, 11) is 1.75. The molecule has 0 heterocycles. The van der Waals surface area contributed by atoms with E-state index < -0.39 is 0 Å². The van der Waals surface area contributed by atoms with Crippen molar-refractivity contribution in [2.24, 2.45) is 5.92 Å². The van der Waals surface area contributed by atoms with Gasteiger partial charge in [-0.1, -0.05) is 24.3 Å². The molecule has 0 aromatic heterocycles. The van der Waals surface area contributed by atoms with Gasteiger partial charge in [0, 0.05) is 32.0 Å². The number of benzene rings is 1. The minimum Gasteiger partial charge on any atom is -0.345 e. The van der Waals surface area contributed by atoms with Crippen LogP contribution in [0.5, 0.6) is 0 Å². The Kier molecular flexibility index (Phi) is 3.27. The molecule has 0 N–H and O–H groups in total. The molecule has 1 amide bonds. The second-order valence-corrected chi connectivity index (χ2v) is 4.66. The molecule has 1 aliphatic carbocycles. The summed E-state index contributed by atoms with van der Waals surface area (Å²) in [5.74, 6) is 0.149. The predicted molar refractivity (Wildman–Crippen MR) is 65.9 cm³/mol. The van der Waals surface area contributed by atoms with Gasteiger partial charge in [-0.05, 0) is 18.4 Å². The van der Waals surface area contributed by atoms with E-state index in [1.54, 1.807) is 11.9 Å². The highest BCUT2D eigenvalue weighted by molar-refractivity contribution is 6.00. The molecule has 0 spiro atoms. The molecule has 1 unspecified atom stereocenters. The van der Waals surface area contributed by atoms with Crippen molar-refractivity contribution in [3.05, 3.63) is 35.4 Å². The second kappa shape index (κ2) is 4.70. The minimum absolute atomic E-state index is 0.0108. The summed E-state index contributed by atoms with van der Waals surface area (Å²) < 4.78 is 0. The molecule has 1 aliphatic rings. The van der Waals surface area contributed by atoms with Gasteiger partial charge in [0.1, 0.15) is 0 Å². The van der Waals surface area contributed by atoms with Gasteiger partial charge in [-0.25, -0.2) is 0 Å². The summed E-state index contributed by atoms with van der Waals surface area (Å²) in [6, 6.07) is 7.76. The standard InChI is InChI=1S/C14H17NO2/c1-10(16)15(2)9-12-8-7-11-5-3-4-6-13(11)14(12)17/h3-6,12H,7-9H2,1-2H3.